The fourth-order valence-corrected chi connectivity index (χ4v) is 2.30. The number of hydrogen-bond donors (Lipinski definition) is 1. The molecule has 7 heteroatoms. The number of carbonyl (C=O) groups is 1. The average molecular weight is 377 g/mol. The van der Waals surface area contributed by atoms with Crippen molar-refractivity contribution in [3.05, 3.63) is 57.6 Å². The van der Waals surface area contributed by atoms with Crippen LogP contribution in [-0.4, -0.2) is 25.8 Å². The second-order valence-corrected chi connectivity index (χ2v) is 5.58. The van der Waals surface area contributed by atoms with Gasteiger partial charge >= 0.3 is 0 Å². The number of amides is 1. The van der Waals surface area contributed by atoms with Gasteiger partial charge in [-0.15, -0.1) is 6.42 Å². The average Bonchev–Trinajstić information content (AvgIpc) is 2.61. The highest BCUT2D eigenvalue weighted by molar-refractivity contribution is 6.32. The molecule has 128 valence electrons. The molecule has 2 aromatic carbocycles. The monoisotopic (exact) mass is 376 g/mol. The van der Waals surface area contributed by atoms with E-state index in [0.717, 1.165) is 0 Å². The second kappa shape index (κ2) is 8.97. The van der Waals surface area contributed by atoms with E-state index in [1.165, 1.54) is 13.3 Å². The van der Waals surface area contributed by atoms with Crippen molar-refractivity contribution in [1.82, 2.24) is 5.43 Å². The van der Waals surface area contributed by atoms with Crippen molar-refractivity contribution < 1.29 is 14.3 Å². The fourth-order valence-electron chi connectivity index (χ4n) is 1.90. The SMILES string of the molecule is C#CCOc1c(Cl)cc(/C=N\NC(=O)c2ccc(Cl)cc2)cc1OC. The van der Waals surface area contributed by atoms with Crippen LogP contribution in [0.2, 0.25) is 10.0 Å². The van der Waals surface area contributed by atoms with E-state index in [1.807, 2.05) is 0 Å². The van der Waals surface area contributed by atoms with Crippen LogP contribution >= 0.6 is 23.2 Å². The molecule has 2 aromatic rings. The summed E-state index contributed by atoms with van der Waals surface area (Å²) in [5.74, 6) is 2.76. The van der Waals surface area contributed by atoms with E-state index in [2.05, 4.69) is 16.4 Å². The molecular formula is C18H14Cl2N2O3. The highest BCUT2D eigenvalue weighted by Crippen LogP contribution is 2.35. The standard InChI is InChI=1S/C18H14Cl2N2O3/c1-3-8-25-17-15(20)9-12(10-16(17)24-2)11-21-22-18(23)13-4-6-14(19)7-5-13/h1,4-7,9-11H,8H2,2H3,(H,22,23)/b21-11-. The number of methoxy groups -OCH3 is 1. The third kappa shape index (κ3) is 5.15. The minimum absolute atomic E-state index is 0.0701. The molecule has 0 saturated carbocycles. The van der Waals surface area contributed by atoms with Crippen molar-refractivity contribution in [2.24, 2.45) is 5.10 Å². The van der Waals surface area contributed by atoms with Gasteiger partial charge in [0.05, 0.1) is 18.3 Å². The summed E-state index contributed by atoms with van der Waals surface area (Å²) in [7, 11) is 1.48. The first kappa shape index (κ1) is 18.7. The van der Waals surface area contributed by atoms with E-state index in [1.54, 1.807) is 36.4 Å². The lowest BCUT2D eigenvalue weighted by molar-refractivity contribution is 0.0955. The van der Waals surface area contributed by atoms with Gasteiger partial charge in [-0.2, -0.15) is 5.10 Å². The van der Waals surface area contributed by atoms with Crippen molar-refractivity contribution >= 4 is 35.3 Å². The molecule has 0 fully saturated rings. The van der Waals surface area contributed by atoms with Crippen LogP contribution in [0.4, 0.5) is 0 Å². The lowest BCUT2D eigenvalue weighted by Crippen LogP contribution is -2.17. The van der Waals surface area contributed by atoms with Crippen LogP contribution < -0.4 is 14.9 Å². The first-order chi connectivity index (χ1) is 12.0. The van der Waals surface area contributed by atoms with Crippen LogP contribution in [0.1, 0.15) is 15.9 Å². The van der Waals surface area contributed by atoms with Gasteiger partial charge in [-0.1, -0.05) is 29.1 Å². The highest BCUT2D eigenvalue weighted by Gasteiger charge is 2.11. The Bertz CT molecular complexity index is 827. The Kier molecular flexibility index (Phi) is 6.70. The van der Waals surface area contributed by atoms with Crippen LogP contribution in [0, 0.1) is 12.3 Å². The molecule has 0 radical (unpaired) electrons. The Morgan fingerprint density at radius 3 is 2.68 bits per heavy atom. The minimum atomic E-state index is -0.361. The minimum Gasteiger partial charge on any atom is -0.493 e. The number of carbonyl (C=O) groups excluding carboxylic acids is 1. The number of terminal acetylenes is 1. The van der Waals surface area contributed by atoms with E-state index >= 15 is 0 Å². The van der Waals surface area contributed by atoms with Crippen molar-refractivity contribution in [3.8, 4) is 23.8 Å². The molecule has 0 spiro atoms. The molecule has 0 saturated heterocycles. The van der Waals surface area contributed by atoms with Gasteiger partial charge in [0.1, 0.15) is 6.61 Å². The molecule has 25 heavy (non-hydrogen) atoms. The lowest BCUT2D eigenvalue weighted by atomic mass is 10.2. The third-order valence-corrected chi connectivity index (χ3v) is 3.57. The zero-order chi connectivity index (χ0) is 18.2. The number of nitrogens with zero attached hydrogens (tertiary/aromatic N) is 1. The first-order valence-corrected chi connectivity index (χ1v) is 7.83. The molecule has 0 heterocycles. The van der Waals surface area contributed by atoms with E-state index in [4.69, 9.17) is 39.1 Å². The number of ether oxygens (including phenoxy) is 2. The van der Waals surface area contributed by atoms with E-state index < -0.39 is 0 Å². The summed E-state index contributed by atoms with van der Waals surface area (Å²) in [5.41, 5.74) is 3.48. The number of nitrogens with one attached hydrogen (secondary N) is 1. The zero-order valence-electron chi connectivity index (χ0n) is 13.3. The molecule has 0 unspecified atom stereocenters. The molecule has 0 atom stereocenters. The maximum absolute atomic E-state index is 12.0. The van der Waals surface area contributed by atoms with Crippen LogP contribution in [-0.2, 0) is 0 Å². The Balaban J connectivity index is 2.10. The van der Waals surface area contributed by atoms with Crippen LogP contribution in [0.15, 0.2) is 41.5 Å². The summed E-state index contributed by atoms with van der Waals surface area (Å²) in [6.07, 6.45) is 6.61. The van der Waals surface area contributed by atoms with Gasteiger partial charge in [-0.05, 0) is 42.0 Å². The lowest BCUT2D eigenvalue weighted by Gasteiger charge is -2.11. The van der Waals surface area contributed by atoms with Gasteiger partial charge in [-0.3, -0.25) is 4.79 Å². The Morgan fingerprint density at radius 2 is 2.04 bits per heavy atom. The first-order valence-electron chi connectivity index (χ1n) is 7.08. The van der Waals surface area contributed by atoms with Crippen LogP contribution in [0.25, 0.3) is 0 Å². The fraction of sp³-hybridized carbons (Fsp3) is 0.111. The Labute approximate surface area is 155 Å². The summed E-state index contributed by atoms with van der Waals surface area (Å²) >= 11 is 11.9. The van der Waals surface area contributed by atoms with E-state index in [9.17, 15) is 4.79 Å². The molecule has 0 aliphatic carbocycles. The Morgan fingerprint density at radius 1 is 1.32 bits per heavy atom. The maximum atomic E-state index is 12.0. The van der Waals surface area contributed by atoms with Gasteiger partial charge in [0.2, 0.25) is 0 Å². The predicted octanol–water partition coefficient (Wildman–Crippen LogP) is 3.78. The number of benzene rings is 2. The van der Waals surface area contributed by atoms with Gasteiger partial charge in [-0.25, -0.2) is 5.43 Å². The molecule has 1 amide bonds. The number of hydrazone groups is 1. The Hall–Kier alpha value is -2.68. The number of rotatable bonds is 6. The summed E-state index contributed by atoms with van der Waals surface area (Å²) in [4.78, 5) is 12.0. The summed E-state index contributed by atoms with van der Waals surface area (Å²) in [6, 6.07) is 9.73. The van der Waals surface area contributed by atoms with Gasteiger partial charge in [0.15, 0.2) is 11.5 Å². The van der Waals surface area contributed by atoms with E-state index in [-0.39, 0.29) is 12.5 Å². The largest absolute Gasteiger partial charge is 0.493 e. The summed E-state index contributed by atoms with van der Waals surface area (Å²) in [6.45, 7) is 0.0701. The highest BCUT2D eigenvalue weighted by atomic mass is 35.5. The molecule has 0 bridgehead atoms. The number of halogens is 2. The topological polar surface area (TPSA) is 59.9 Å². The van der Waals surface area contributed by atoms with Gasteiger partial charge in [0.25, 0.3) is 5.91 Å². The van der Waals surface area contributed by atoms with Gasteiger partial charge in [0, 0.05) is 10.6 Å². The molecule has 0 aliphatic rings. The second-order valence-electron chi connectivity index (χ2n) is 4.73. The normalized spacial score (nSPS) is 10.3. The molecular weight excluding hydrogens is 363 g/mol. The quantitative estimate of drug-likeness (QED) is 0.474. The molecule has 0 aromatic heterocycles. The molecule has 5 nitrogen and oxygen atoms in total. The zero-order valence-corrected chi connectivity index (χ0v) is 14.8. The van der Waals surface area contributed by atoms with Gasteiger partial charge < -0.3 is 9.47 Å². The third-order valence-electron chi connectivity index (χ3n) is 3.04. The smallest absolute Gasteiger partial charge is 0.271 e. The van der Waals surface area contributed by atoms with Crippen molar-refractivity contribution in [1.29, 1.82) is 0 Å². The maximum Gasteiger partial charge on any atom is 0.271 e. The summed E-state index contributed by atoms with van der Waals surface area (Å²) < 4.78 is 10.6. The molecule has 1 N–H and O–H groups in total. The van der Waals surface area contributed by atoms with Crippen molar-refractivity contribution in [3.63, 3.8) is 0 Å². The number of hydrogen-bond acceptors (Lipinski definition) is 4. The predicted molar refractivity (Wildman–Crippen MR) is 98.8 cm³/mol. The summed E-state index contributed by atoms with van der Waals surface area (Å²) in [5, 5.41) is 4.77. The van der Waals surface area contributed by atoms with Crippen molar-refractivity contribution in [2.45, 2.75) is 0 Å². The van der Waals surface area contributed by atoms with E-state index in [0.29, 0.717) is 32.7 Å². The molecule has 0 aliphatic heterocycles. The van der Waals surface area contributed by atoms with Crippen LogP contribution in [0.5, 0.6) is 11.5 Å². The van der Waals surface area contributed by atoms with Crippen LogP contribution in [0.3, 0.4) is 0 Å². The molecule has 2 rings (SSSR count). The van der Waals surface area contributed by atoms with Crippen molar-refractivity contribution in [2.75, 3.05) is 13.7 Å².